The smallest absolute Gasteiger partial charge is 0.380 e. The van der Waals surface area contributed by atoms with Crippen molar-refractivity contribution >= 4 is 33.4 Å². The molecule has 0 unspecified atom stereocenters. The van der Waals surface area contributed by atoms with Gasteiger partial charge in [0, 0.05) is 50.1 Å². The minimum Gasteiger partial charge on any atom is -0.497 e. The molecule has 188 valence electrons. The fraction of sp³-hybridized carbons (Fsp3) is 0.259. The van der Waals surface area contributed by atoms with E-state index in [-0.39, 0.29) is 27.1 Å². The molecule has 9 heteroatoms. The molecule has 0 spiro atoms. The van der Waals surface area contributed by atoms with Crippen molar-refractivity contribution in [3.63, 3.8) is 0 Å². The minimum absolute atomic E-state index is 0.195. The number of alkyl halides is 6. The third-order valence-electron chi connectivity index (χ3n) is 6.88. The van der Waals surface area contributed by atoms with Crippen LogP contribution < -0.4 is 4.74 Å². The number of hydrogen-bond acceptors (Lipinski definition) is 2. The van der Waals surface area contributed by atoms with Crippen LogP contribution in [0.5, 0.6) is 5.75 Å². The van der Waals surface area contributed by atoms with Gasteiger partial charge in [0.15, 0.2) is 0 Å². The van der Waals surface area contributed by atoms with Gasteiger partial charge in [-0.1, -0.05) is 18.2 Å². The van der Waals surface area contributed by atoms with Crippen molar-refractivity contribution in [3.05, 3.63) is 76.3 Å². The number of ether oxygens (including phenoxy) is 1. The van der Waals surface area contributed by atoms with Crippen LogP contribution in [0.2, 0.25) is 0 Å². The van der Waals surface area contributed by atoms with Crippen LogP contribution in [0.1, 0.15) is 21.7 Å². The zero-order chi connectivity index (χ0) is 26.2. The number of fused-ring (bicyclic) bond motifs is 1. The summed E-state index contributed by atoms with van der Waals surface area (Å²) in [5.74, 6) is -15.2. The minimum atomic E-state index is -5.61. The molecule has 2 nitrogen and oxygen atoms in total. The molecular formula is C27H21F6NOS. The molecule has 36 heavy (non-hydrogen) atoms. The lowest BCUT2D eigenvalue weighted by atomic mass is 9.93. The first-order valence-corrected chi connectivity index (χ1v) is 11.8. The highest BCUT2D eigenvalue weighted by Gasteiger charge is 2.80. The normalized spacial score (nSPS) is 18.3. The number of nitrogens with zero attached hydrogens (tertiary/aromatic N) is 1. The first kappa shape index (κ1) is 24.5. The highest BCUT2D eigenvalue weighted by molar-refractivity contribution is 7.15. The number of thiophene rings is 1. The third-order valence-corrected chi connectivity index (χ3v) is 7.98. The van der Waals surface area contributed by atoms with E-state index in [9.17, 15) is 8.78 Å². The molecule has 2 aromatic heterocycles. The van der Waals surface area contributed by atoms with E-state index in [2.05, 4.69) is 0 Å². The quantitative estimate of drug-likeness (QED) is 0.246. The number of allylic oxidation sites excluding steroid dienone is 2. The summed E-state index contributed by atoms with van der Waals surface area (Å²) in [6.07, 6.45) is 0. The summed E-state index contributed by atoms with van der Waals surface area (Å²) in [7, 11) is 3.08. The molecule has 0 bridgehead atoms. The van der Waals surface area contributed by atoms with Gasteiger partial charge >= 0.3 is 17.8 Å². The summed E-state index contributed by atoms with van der Waals surface area (Å²) in [5, 5.41) is 0.210. The van der Waals surface area contributed by atoms with Crippen LogP contribution in [0.4, 0.5) is 26.3 Å². The average Bonchev–Trinajstić information content (AvgIpc) is 3.37. The van der Waals surface area contributed by atoms with Crippen molar-refractivity contribution in [2.45, 2.75) is 31.6 Å². The molecular weight excluding hydrogens is 500 g/mol. The molecule has 0 radical (unpaired) electrons. The fourth-order valence-corrected chi connectivity index (χ4v) is 5.91. The molecule has 0 N–H and O–H groups in total. The highest BCUT2D eigenvalue weighted by atomic mass is 32.1. The van der Waals surface area contributed by atoms with Crippen molar-refractivity contribution < 1.29 is 31.1 Å². The van der Waals surface area contributed by atoms with Gasteiger partial charge in [0.05, 0.1) is 7.11 Å². The SMILES string of the molecule is COc1ccc(-c2cc(C3=C(c4c(C)n(C)c5ccccc45)C(F)(F)C(F)(F)C3(F)F)c(C)s2)cc1. The lowest BCUT2D eigenvalue weighted by Crippen LogP contribution is -2.48. The van der Waals surface area contributed by atoms with E-state index < -0.39 is 28.9 Å². The molecule has 2 aromatic carbocycles. The Bertz CT molecular complexity index is 1530. The number of methoxy groups -OCH3 is 1. The van der Waals surface area contributed by atoms with Crippen molar-refractivity contribution in [3.8, 4) is 16.2 Å². The second kappa shape index (κ2) is 7.90. The first-order valence-electron chi connectivity index (χ1n) is 11.0. The maximum atomic E-state index is 15.5. The Labute approximate surface area is 207 Å². The first-order chi connectivity index (χ1) is 16.8. The van der Waals surface area contributed by atoms with E-state index in [1.165, 1.54) is 33.1 Å². The molecule has 1 aliphatic rings. The summed E-state index contributed by atoms with van der Waals surface area (Å²) in [4.78, 5) is 0.723. The van der Waals surface area contributed by atoms with Crippen LogP contribution in [0.3, 0.4) is 0 Å². The summed E-state index contributed by atoms with van der Waals surface area (Å²) < 4.78 is 98.2. The van der Waals surface area contributed by atoms with E-state index in [4.69, 9.17) is 4.74 Å². The van der Waals surface area contributed by atoms with Crippen molar-refractivity contribution in [2.24, 2.45) is 7.05 Å². The fourth-order valence-electron chi connectivity index (χ4n) is 4.88. The number of benzene rings is 2. The molecule has 1 aliphatic carbocycles. The lowest BCUT2D eigenvalue weighted by molar-refractivity contribution is -0.254. The van der Waals surface area contributed by atoms with E-state index in [0.717, 1.165) is 11.3 Å². The Balaban J connectivity index is 1.84. The molecule has 0 amide bonds. The maximum Gasteiger partial charge on any atom is 0.380 e. The Morgan fingerprint density at radius 1 is 0.833 bits per heavy atom. The van der Waals surface area contributed by atoms with E-state index in [1.807, 2.05) is 0 Å². The molecule has 0 saturated heterocycles. The second-order valence-electron chi connectivity index (χ2n) is 8.82. The predicted molar refractivity (Wildman–Crippen MR) is 130 cm³/mol. The molecule has 0 fully saturated rings. The van der Waals surface area contributed by atoms with Gasteiger partial charge in [0.2, 0.25) is 0 Å². The van der Waals surface area contributed by atoms with Gasteiger partial charge in [-0.15, -0.1) is 11.3 Å². The van der Waals surface area contributed by atoms with Gasteiger partial charge in [-0.25, -0.2) is 0 Å². The van der Waals surface area contributed by atoms with Gasteiger partial charge < -0.3 is 9.30 Å². The summed E-state index contributed by atoms with van der Waals surface area (Å²) >= 11 is 1.08. The number of rotatable bonds is 4. The number of aromatic nitrogens is 1. The molecule has 0 aliphatic heterocycles. The highest BCUT2D eigenvalue weighted by Crippen LogP contribution is 2.66. The topological polar surface area (TPSA) is 14.2 Å². The standard InChI is InChI=1S/C27H21F6NOS/c1-14-22(18-7-5-6-8-20(18)34(14)3)24-23(25(28,29)27(32,33)26(24,30)31)19-13-21(36-15(19)2)16-9-11-17(35-4)12-10-16/h5-13H,1-4H3. The van der Waals surface area contributed by atoms with Gasteiger partial charge in [-0.3, -0.25) is 0 Å². The Hall–Kier alpha value is -3.20. The number of para-hydroxylation sites is 1. The van der Waals surface area contributed by atoms with Gasteiger partial charge in [-0.2, -0.15) is 26.3 Å². The lowest BCUT2D eigenvalue weighted by Gasteiger charge is -2.25. The molecule has 2 heterocycles. The summed E-state index contributed by atoms with van der Waals surface area (Å²) in [6.45, 7) is 2.94. The molecule has 5 rings (SSSR count). The van der Waals surface area contributed by atoms with Crippen LogP contribution in [0.25, 0.3) is 32.5 Å². The number of halogens is 6. The van der Waals surface area contributed by atoms with Crippen LogP contribution >= 0.6 is 11.3 Å². The van der Waals surface area contributed by atoms with E-state index in [1.54, 1.807) is 54.1 Å². The second-order valence-corrected chi connectivity index (χ2v) is 10.1. The zero-order valence-electron chi connectivity index (χ0n) is 19.7. The Kier molecular flexibility index (Phi) is 5.37. The van der Waals surface area contributed by atoms with Gasteiger partial charge in [0.25, 0.3) is 0 Å². The Morgan fingerprint density at radius 3 is 2.08 bits per heavy atom. The van der Waals surface area contributed by atoms with Crippen molar-refractivity contribution in [2.75, 3.05) is 7.11 Å². The van der Waals surface area contributed by atoms with Gasteiger partial charge in [0.1, 0.15) is 5.75 Å². The molecule has 0 atom stereocenters. The third kappa shape index (κ3) is 3.11. The van der Waals surface area contributed by atoms with E-state index >= 15 is 17.6 Å². The average molecular weight is 522 g/mol. The van der Waals surface area contributed by atoms with Crippen LogP contribution in [-0.2, 0) is 7.05 Å². The van der Waals surface area contributed by atoms with E-state index in [0.29, 0.717) is 21.7 Å². The van der Waals surface area contributed by atoms with Gasteiger partial charge in [-0.05, 0) is 61.4 Å². The van der Waals surface area contributed by atoms with Crippen molar-refractivity contribution in [1.29, 1.82) is 0 Å². The maximum absolute atomic E-state index is 15.5. The predicted octanol–water partition coefficient (Wildman–Crippen LogP) is 8.36. The Morgan fingerprint density at radius 2 is 1.44 bits per heavy atom. The number of aryl methyl sites for hydroxylation is 2. The van der Waals surface area contributed by atoms with Crippen LogP contribution in [0.15, 0.2) is 54.6 Å². The molecule has 4 aromatic rings. The number of hydrogen-bond donors (Lipinski definition) is 0. The molecule has 0 saturated carbocycles. The zero-order valence-corrected chi connectivity index (χ0v) is 20.5. The van der Waals surface area contributed by atoms with Crippen molar-refractivity contribution in [1.82, 2.24) is 4.57 Å². The van der Waals surface area contributed by atoms with Crippen LogP contribution in [0, 0.1) is 13.8 Å². The van der Waals surface area contributed by atoms with Crippen LogP contribution in [-0.4, -0.2) is 29.4 Å². The summed E-state index contributed by atoms with van der Waals surface area (Å²) in [5.41, 5.74) is -1.96. The monoisotopic (exact) mass is 521 g/mol. The largest absolute Gasteiger partial charge is 0.497 e. The summed E-state index contributed by atoms with van der Waals surface area (Å²) in [6, 6.07) is 14.4.